The second-order valence-corrected chi connectivity index (χ2v) is 8.87. The largest absolute Gasteiger partial charge is 0.491 e. The first-order valence-electron chi connectivity index (χ1n) is 10.8. The molecule has 0 saturated carbocycles. The normalized spacial score (nSPS) is 17.2. The number of benzene rings is 1. The van der Waals surface area contributed by atoms with Gasteiger partial charge in [0.25, 0.3) is 0 Å². The molecule has 0 spiro atoms. The molecule has 1 aromatic rings. The monoisotopic (exact) mass is 447 g/mol. The zero-order valence-corrected chi connectivity index (χ0v) is 18.3. The number of ether oxygens (including phenoxy) is 1. The number of pyridine rings is 1. The molecule has 3 aliphatic heterocycles. The van der Waals surface area contributed by atoms with Crippen molar-refractivity contribution in [1.29, 1.82) is 0 Å². The standard InChI is InChI=1S/C24H28F3N3O2/c1-17(2)32-20-7-5-18(6-8-20)15-29-12-9-23(31,10-13-29)16-30-11-3-4-19-14-21(24(25,26)27)28-22(19)30/h3-8,11,14,17,31H,9-10,12-13,15-16H2,1-2H3. The predicted octanol–water partition coefficient (Wildman–Crippen LogP) is 4.82. The Morgan fingerprint density at radius 1 is 1.12 bits per heavy atom. The summed E-state index contributed by atoms with van der Waals surface area (Å²) in [6, 6.07) is 12.4. The van der Waals surface area contributed by atoms with Crippen molar-refractivity contribution in [3.05, 3.63) is 59.9 Å². The van der Waals surface area contributed by atoms with Crippen LogP contribution >= 0.6 is 0 Å². The maximum absolute atomic E-state index is 13.1. The number of rotatable bonds is 6. The molecule has 4 rings (SSSR count). The van der Waals surface area contributed by atoms with E-state index >= 15 is 0 Å². The molecule has 3 aliphatic rings. The topological polar surface area (TPSA) is 50.5 Å². The third kappa shape index (κ3) is 5.24. The molecule has 0 aromatic heterocycles. The predicted molar refractivity (Wildman–Crippen MR) is 116 cm³/mol. The van der Waals surface area contributed by atoms with Gasteiger partial charge >= 0.3 is 6.18 Å². The van der Waals surface area contributed by atoms with E-state index in [2.05, 4.69) is 9.88 Å². The van der Waals surface area contributed by atoms with Crippen LogP contribution in [-0.2, 0) is 19.3 Å². The van der Waals surface area contributed by atoms with Gasteiger partial charge in [-0.1, -0.05) is 12.1 Å². The number of fused-ring (bicyclic) bond motifs is 1. The molecule has 0 radical (unpaired) electrons. The fraction of sp³-hybridized carbons (Fsp3) is 0.458. The Kier molecular flexibility index (Phi) is 6.18. The molecule has 1 N–H and O–H groups in total. The van der Waals surface area contributed by atoms with Crippen molar-refractivity contribution in [1.82, 2.24) is 14.5 Å². The summed E-state index contributed by atoms with van der Waals surface area (Å²) in [7, 11) is 0. The van der Waals surface area contributed by atoms with Gasteiger partial charge in [-0.05, 0) is 62.6 Å². The van der Waals surface area contributed by atoms with Crippen LogP contribution in [0.4, 0.5) is 13.2 Å². The summed E-state index contributed by atoms with van der Waals surface area (Å²) < 4.78 is 46.5. The Bertz CT molecular complexity index is 1010. The fourth-order valence-corrected chi connectivity index (χ4v) is 4.18. The summed E-state index contributed by atoms with van der Waals surface area (Å²) in [6.45, 7) is 6.39. The minimum Gasteiger partial charge on any atom is -0.491 e. The van der Waals surface area contributed by atoms with Crippen molar-refractivity contribution in [3.63, 3.8) is 0 Å². The second-order valence-electron chi connectivity index (χ2n) is 8.87. The van der Waals surface area contributed by atoms with Gasteiger partial charge in [0.15, 0.2) is 0 Å². The summed E-state index contributed by atoms with van der Waals surface area (Å²) in [4.78, 5) is 6.06. The van der Waals surface area contributed by atoms with E-state index in [1.807, 2.05) is 38.1 Å². The average Bonchev–Trinajstić information content (AvgIpc) is 3.17. The molecular weight excluding hydrogens is 419 g/mol. The second kappa shape index (κ2) is 8.75. The average molecular weight is 448 g/mol. The van der Waals surface area contributed by atoms with E-state index < -0.39 is 17.5 Å². The molecule has 32 heavy (non-hydrogen) atoms. The van der Waals surface area contributed by atoms with E-state index in [0.29, 0.717) is 31.5 Å². The van der Waals surface area contributed by atoms with Crippen LogP contribution in [0.5, 0.6) is 5.75 Å². The highest BCUT2D eigenvalue weighted by molar-refractivity contribution is 5.59. The van der Waals surface area contributed by atoms with Crippen LogP contribution in [0, 0.1) is 0 Å². The van der Waals surface area contributed by atoms with Gasteiger partial charge in [0.05, 0.1) is 18.2 Å². The van der Waals surface area contributed by atoms with Crippen molar-refractivity contribution >= 4 is 0 Å². The van der Waals surface area contributed by atoms with Crippen LogP contribution in [0.3, 0.4) is 0 Å². The van der Waals surface area contributed by atoms with Gasteiger partial charge in [-0.15, -0.1) is 0 Å². The van der Waals surface area contributed by atoms with Crippen LogP contribution < -0.4 is 4.74 Å². The molecule has 0 bridgehead atoms. The minimum absolute atomic E-state index is 0.132. The Morgan fingerprint density at radius 3 is 2.44 bits per heavy atom. The molecular formula is C24H28F3N3O2. The lowest BCUT2D eigenvalue weighted by Gasteiger charge is -2.39. The molecule has 3 heterocycles. The van der Waals surface area contributed by atoms with Gasteiger partial charge in [-0.3, -0.25) is 4.90 Å². The highest BCUT2D eigenvalue weighted by atomic mass is 19.4. The van der Waals surface area contributed by atoms with Gasteiger partial charge in [-0.2, -0.15) is 13.2 Å². The molecule has 1 aromatic carbocycles. The third-order valence-corrected chi connectivity index (χ3v) is 5.83. The van der Waals surface area contributed by atoms with E-state index in [-0.39, 0.29) is 18.5 Å². The van der Waals surface area contributed by atoms with Crippen molar-refractivity contribution in [2.45, 2.75) is 57.7 Å². The molecule has 0 unspecified atom stereocenters. The first kappa shape index (κ1) is 22.6. The highest BCUT2D eigenvalue weighted by Crippen LogP contribution is 2.35. The summed E-state index contributed by atoms with van der Waals surface area (Å²) in [6.07, 6.45) is -1.60. The number of aliphatic hydroxyl groups is 1. The van der Waals surface area contributed by atoms with Crippen molar-refractivity contribution in [2.75, 3.05) is 13.1 Å². The summed E-state index contributed by atoms with van der Waals surface area (Å²) in [5.41, 5.74) is -0.293. The quantitative estimate of drug-likeness (QED) is 0.589. The molecule has 1 fully saturated rings. The number of hydrogen-bond acceptors (Lipinski definition) is 4. The lowest BCUT2D eigenvalue weighted by molar-refractivity contribution is -0.140. The van der Waals surface area contributed by atoms with Crippen LogP contribution in [0.15, 0.2) is 48.7 Å². The summed E-state index contributed by atoms with van der Waals surface area (Å²) >= 11 is 0. The van der Waals surface area contributed by atoms with Crippen molar-refractivity contribution < 1.29 is 23.0 Å². The molecule has 172 valence electrons. The Hall–Kier alpha value is -2.58. The lowest BCUT2D eigenvalue weighted by Crippen LogP contribution is -2.46. The summed E-state index contributed by atoms with van der Waals surface area (Å²) in [5.74, 6) is 1.09. The Morgan fingerprint density at radius 2 is 1.81 bits per heavy atom. The zero-order valence-electron chi connectivity index (χ0n) is 18.3. The highest BCUT2D eigenvalue weighted by Gasteiger charge is 2.37. The van der Waals surface area contributed by atoms with Gasteiger partial charge in [0, 0.05) is 31.4 Å². The minimum atomic E-state index is -4.49. The molecule has 0 aliphatic carbocycles. The van der Waals surface area contributed by atoms with Crippen molar-refractivity contribution in [2.24, 2.45) is 0 Å². The van der Waals surface area contributed by atoms with E-state index in [4.69, 9.17) is 4.74 Å². The van der Waals surface area contributed by atoms with Crippen LogP contribution in [-0.4, -0.2) is 44.4 Å². The molecule has 1 saturated heterocycles. The van der Waals surface area contributed by atoms with Crippen LogP contribution in [0.25, 0.3) is 11.4 Å². The Labute approximate surface area is 185 Å². The maximum atomic E-state index is 13.1. The van der Waals surface area contributed by atoms with Crippen LogP contribution in [0.2, 0.25) is 0 Å². The third-order valence-electron chi connectivity index (χ3n) is 5.83. The number of hydrogen-bond donors (Lipinski definition) is 1. The first-order valence-corrected chi connectivity index (χ1v) is 10.8. The van der Waals surface area contributed by atoms with Gasteiger partial charge in [-0.25, -0.2) is 4.98 Å². The van der Waals surface area contributed by atoms with E-state index in [1.165, 1.54) is 5.56 Å². The van der Waals surface area contributed by atoms with Crippen molar-refractivity contribution in [3.8, 4) is 17.1 Å². The number of halogens is 3. The van der Waals surface area contributed by atoms with E-state index in [1.54, 1.807) is 22.9 Å². The van der Waals surface area contributed by atoms with Gasteiger partial charge < -0.3 is 14.4 Å². The number of piperidine rings is 1. The van der Waals surface area contributed by atoms with E-state index in [9.17, 15) is 18.3 Å². The van der Waals surface area contributed by atoms with Gasteiger partial charge in [0.1, 0.15) is 17.3 Å². The molecule has 8 heteroatoms. The number of nitrogens with zero attached hydrogens (tertiary/aromatic N) is 3. The van der Waals surface area contributed by atoms with Crippen LogP contribution in [0.1, 0.15) is 37.9 Å². The maximum Gasteiger partial charge on any atom is 0.433 e. The Balaban J connectivity index is 1.38. The summed E-state index contributed by atoms with van der Waals surface area (Å²) in [5, 5.41) is 11.1. The molecule has 0 amide bonds. The van der Waals surface area contributed by atoms with Gasteiger partial charge in [0.2, 0.25) is 0 Å². The molecule has 5 nitrogen and oxygen atoms in total. The van der Waals surface area contributed by atoms with E-state index in [0.717, 1.165) is 18.4 Å². The lowest BCUT2D eigenvalue weighted by atomic mass is 9.90. The smallest absolute Gasteiger partial charge is 0.433 e. The fourth-order valence-electron chi connectivity index (χ4n) is 4.18. The number of alkyl halides is 3. The number of likely N-dealkylation sites (tertiary alicyclic amines) is 1. The molecule has 0 atom stereocenters. The zero-order chi connectivity index (χ0) is 22.9. The SMILES string of the molecule is CC(C)Oc1ccc(CN2CCC(O)(Cn3cccc4cc(C(F)(F)F)nc3-4)CC2)cc1. The number of aromatic nitrogens is 2. The first-order chi connectivity index (χ1) is 15.1.